The van der Waals surface area contributed by atoms with Gasteiger partial charge in [0.25, 0.3) is 0 Å². The number of carbonyl (C=O) groups excluding carboxylic acids is 2. The molecule has 0 aromatic heterocycles. The van der Waals surface area contributed by atoms with Crippen LogP contribution in [0.2, 0.25) is 0 Å². The summed E-state index contributed by atoms with van der Waals surface area (Å²) < 4.78 is 0. The van der Waals surface area contributed by atoms with Crippen molar-refractivity contribution in [3.05, 3.63) is 47.2 Å². The number of rotatable bonds is 2. The Morgan fingerprint density at radius 1 is 1.13 bits per heavy atom. The van der Waals surface area contributed by atoms with Crippen LogP contribution in [0.25, 0.3) is 0 Å². The second-order valence-electron chi connectivity index (χ2n) is 3.32. The predicted octanol–water partition coefficient (Wildman–Crippen LogP) is 1.05. The maximum atomic E-state index is 11.6. The lowest BCUT2D eigenvalue weighted by atomic mass is 9.88. The van der Waals surface area contributed by atoms with Crippen LogP contribution in [-0.4, -0.2) is 18.1 Å². The van der Waals surface area contributed by atoms with Gasteiger partial charge in [0.15, 0.2) is 11.6 Å². The first-order valence-corrected chi connectivity index (χ1v) is 4.87. The molecule has 0 fully saturated rings. The number of hydrogen-bond acceptors (Lipinski definition) is 3. The van der Waals surface area contributed by atoms with Gasteiger partial charge in [0, 0.05) is 17.8 Å². The van der Waals surface area contributed by atoms with Crippen molar-refractivity contribution in [2.24, 2.45) is 0 Å². The second-order valence-corrected chi connectivity index (χ2v) is 3.32. The number of allylic oxidation sites excluding steroid dienone is 7. The van der Waals surface area contributed by atoms with E-state index in [1.165, 1.54) is 12.2 Å². The third-order valence-corrected chi connectivity index (χ3v) is 2.33. The van der Waals surface area contributed by atoms with Crippen LogP contribution in [0, 0.1) is 0 Å². The molecule has 0 radical (unpaired) electrons. The molecule has 0 amide bonds. The lowest BCUT2D eigenvalue weighted by Gasteiger charge is -2.18. The van der Waals surface area contributed by atoms with E-state index in [0.717, 1.165) is 12.2 Å². The van der Waals surface area contributed by atoms with E-state index in [-0.39, 0.29) is 11.6 Å². The second kappa shape index (κ2) is 3.69. The van der Waals surface area contributed by atoms with Gasteiger partial charge in [-0.25, -0.2) is 0 Å². The molecule has 0 aliphatic heterocycles. The van der Waals surface area contributed by atoms with E-state index >= 15 is 0 Å². The van der Waals surface area contributed by atoms with Crippen LogP contribution >= 0.6 is 0 Å². The Morgan fingerprint density at radius 3 is 2.67 bits per heavy atom. The van der Waals surface area contributed by atoms with Gasteiger partial charge >= 0.3 is 0 Å². The third-order valence-electron chi connectivity index (χ3n) is 2.33. The van der Waals surface area contributed by atoms with Crippen molar-refractivity contribution in [3.8, 4) is 0 Å². The molecule has 2 rings (SSSR count). The molecule has 0 aromatic rings. The molecular formula is C12H11NO2. The van der Waals surface area contributed by atoms with E-state index in [1.807, 2.05) is 6.92 Å². The van der Waals surface area contributed by atoms with E-state index in [0.29, 0.717) is 11.1 Å². The van der Waals surface area contributed by atoms with Crippen molar-refractivity contribution in [2.75, 3.05) is 6.54 Å². The Labute approximate surface area is 87.9 Å². The summed E-state index contributed by atoms with van der Waals surface area (Å²) in [6.07, 6.45) is 7.92. The first-order chi connectivity index (χ1) is 7.24. The fraction of sp³-hybridized carbons (Fsp3) is 0.167. The van der Waals surface area contributed by atoms with Crippen LogP contribution in [-0.2, 0) is 9.59 Å². The molecule has 0 atom stereocenters. The van der Waals surface area contributed by atoms with Gasteiger partial charge in [-0.2, -0.15) is 0 Å². The van der Waals surface area contributed by atoms with E-state index < -0.39 is 0 Å². The average Bonchev–Trinajstić information content (AvgIpc) is 2.23. The monoisotopic (exact) mass is 201 g/mol. The first kappa shape index (κ1) is 9.65. The number of carbonyl (C=O) groups is 2. The molecule has 0 bridgehead atoms. The van der Waals surface area contributed by atoms with Gasteiger partial charge in [0.1, 0.15) is 0 Å². The SMILES string of the molecule is CCNC1=C2C(=O)C=CC=C2C(=O)C=C1. The maximum absolute atomic E-state index is 11.6. The number of ketones is 2. The normalized spacial score (nSPS) is 19.1. The highest BCUT2D eigenvalue weighted by Crippen LogP contribution is 2.25. The van der Waals surface area contributed by atoms with Crippen molar-refractivity contribution >= 4 is 11.6 Å². The summed E-state index contributed by atoms with van der Waals surface area (Å²) in [7, 11) is 0. The van der Waals surface area contributed by atoms with Crippen molar-refractivity contribution in [3.63, 3.8) is 0 Å². The third kappa shape index (κ3) is 1.56. The minimum atomic E-state index is -0.110. The summed E-state index contributed by atoms with van der Waals surface area (Å²) >= 11 is 0. The summed E-state index contributed by atoms with van der Waals surface area (Å²) in [5.41, 5.74) is 1.71. The van der Waals surface area contributed by atoms with Crippen LogP contribution in [0.4, 0.5) is 0 Å². The summed E-state index contributed by atoms with van der Waals surface area (Å²) in [6.45, 7) is 2.67. The maximum Gasteiger partial charge on any atom is 0.188 e. The summed E-state index contributed by atoms with van der Waals surface area (Å²) in [5, 5.41) is 3.08. The smallest absolute Gasteiger partial charge is 0.188 e. The molecule has 0 unspecified atom stereocenters. The number of likely N-dealkylation sites (N-methyl/N-ethyl adjacent to an activating group) is 1. The van der Waals surface area contributed by atoms with Crippen LogP contribution in [0.1, 0.15) is 6.92 Å². The standard InChI is InChI=1S/C12H11NO2/c1-2-13-9-6-7-10(14)8-4-3-5-11(15)12(8)9/h3-7,13H,2H2,1H3. The fourth-order valence-corrected chi connectivity index (χ4v) is 1.68. The van der Waals surface area contributed by atoms with E-state index in [9.17, 15) is 9.59 Å². The lowest BCUT2D eigenvalue weighted by molar-refractivity contribution is -0.114. The molecule has 0 saturated heterocycles. The summed E-state index contributed by atoms with van der Waals surface area (Å²) in [6, 6.07) is 0. The molecule has 1 N–H and O–H groups in total. The molecular weight excluding hydrogens is 190 g/mol. The Kier molecular flexibility index (Phi) is 2.37. The number of fused-ring (bicyclic) bond motifs is 1. The molecule has 3 nitrogen and oxygen atoms in total. The minimum Gasteiger partial charge on any atom is -0.385 e. The number of nitrogens with one attached hydrogen (secondary N) is 1. The van der Waals surface area contributed by atoms with E-state index in [2.05, 4.69) is 5.32 Å². The highest BCUT2D eigenvalue weighted by Gasteiger charge is 2.25. The van der Waals surface area contributed by atoms with Crippen LogP contribution < -0.4 is 5.32 Å². The molecule has 0 heterocycles. The van der Waals surface area contributed by atoms with Gasteiger partial charge < -0.3 is 5.32 Å². The van der Waals surface area contributed by atoms with E-state index in [4.69, 9.17) is 0 Å². The Bertz CT molecular complexity index is 450. The van der Waals surface area contributed by atoms with Gasteiger partial charge in [-0.3, -0.25) is 9.59 Å². The van der Waals surface area contributed by atoms with Crippen LogP contribution in [0.3, 0.4) is 0 Å². The Balaban J connectivity index is 2.53. The molecule has 76 valence electrons. The predicted molar refractivity (Wildman–Crippen MR) is 57.1 cm³/mol. The largest absolute Gasteiger partial charge is 0.385 e. The molecule has 0 spiro atoms. The fourth-order valence-electron chi connectivity index (χ4n) is 1.68. The molecule has 2 aliphatic rings. The zero-order valence-corrected chi connectivity index (χ0v) is 8.41. The van der Waals surface area contributed by atoms with E-state index in [1.54, 1.807) is 18.2 Å². The van der Waals surface area contributed by atoms with Gasteiger partial charge in [-0.1, -0.05) is 12.2 Å². The molecule has 3 heteroatoms. The molecule has 2 aliphatic carbocycles. The van der Waals surface area contributed by atoms with Gasteiger partial charge in [-0.05, 0) is 25.2 Å². The van der Waals surface area contributed by atoms with Crippen molar-refractivity contribution < 1.29 is 9.59 Å². The van der Waals surface area contributed by atoms with Crippen molar-refractivity contribution in [1.29, 1.82) is 0 Å². The zero-order valence-electron chi connectivity index (χ0n) is 8.41. The van der Waals surface area contributed by atoms with Crippen LogP contribution in [0.5, 0.6) is 0 Å². The van der Waals surface area contributed by atoms with Crippen molar-refractivity contribution in [1.82, 2.24) is 5.32 Å². The summed E-state index contributed by atoms with van der Waals surface area (Å²) in [5.74, 6) is -0.217. The zero-order chi connectivity index (χ0) is 10.8. The lowest BCUT2D eigenvalue weighted by Crippen LogP contribution is -2.23. The van der Waals surface area contributed by atoms with Gasteiger partial charge in [0.05, 0.1) is 5.57 Å². The molecule has 15 heavy (non-hydrogen) atoms. The average molecular weight is 201 g/mol. The van der Waals surface area contributed by atoms with Crippen LogP contribution in [0.15, 0.2) is 47.2 Å². The Hall–Kier alpha value is -1.90. The highest BCUT2D eigenvalue weighted by molar-refractivity contribution is 6.22. The Morgan fingerprint density at radius 2 is 1.93 bits per heavy atom. The van der Waals surface area contributed by atoms with Gasteiger partial charge in [-0.15, -0.1) is 0 Å². The molecule has 0 aromatic carbocycles. The topological polar surface area (TPSA) is 46.2 Å². The summed E-state index contributed by atoms with van der Waals surface area (Å²) in [4.78, 5) is 23.2. The quantitative estimate of drug-likeness (QED) is 0.726. The minimum absolute atomic E-state index is 0.107. The molecule has 0 saturated carbocycles. The first-order valence-electron chi connectivity index (χ1n) is 4.87. The van der Waals surface area contributed by atoms with Gasteiger partial charge in [0.2, 0.25) is 0 Å². The van der Waals surface area contributed by atoms with Crippen molar-refractivity contribution in [2.45, 2.75) is 6.92 Å². The highest BCUT2D eigenvalue weighted by atomic mass is 16.1. The number of hydrogen-bond donors (Lipinski definition) is 1.